The van der Waals surface area contributed by atoms with Gasteiger partial charge in [-0.1, -0.05) is 30.3 Å². The van der Waals surface area contributed by atoms with Gasteiger partial charge >= 0.3 is 0 Å². The maximum Gasteiger partial charge on any atom is 0.289 e. The van der Waals surface area contributed by atoms with Crippen molar-refractivity contribution in [1.29, 1.82) is 0 Å². The fraction of sp³-hybridized carbons (Fsp3) is 0.286. The summed E-state index contributed by atoms with van der Waals surface area (Å²) in [5.41, 5.74) is 1.42. The Morgan fingerprint density at radius 3 is 2.89 bits per heavy atom. The Hall–Kier alpha value is -2.14. The van der Waals surface area contributed by atoms with Gasteiger partial charge in [0.25, 0.3) is 5.91 Å². The van der Waals surface area contributed by atoms with E-state index in [-0.39, 0.29) is 11.7 Å². The van der Waals surface area contributed by atoms with Gasteiger partial charge in [-0.05, 0) is 6.42 Å². The van der Waals surface area contributed by atoms with Crippen LogP contribution in [0.4, 0.5) is 0 Å². The molecule has 19 heavy (non-hydrogen) atoms. The molecule has 0 saturated carbocycles. The number of rotatable bonds is 6. The molecule has 100 valence electrons. The second-order valence-electron chi connectivity index (χ2n) is 4.00. The Kier molecular flexibility index (Phi) is 4.69. The highest BCUT2D eigenvalue weighted by atomic mass is 16.5. The molecule has 0 atom stereocenters. The van der Waals surface area contributed by atoms with Crippen molar-refractivity contribution in [3.8, 4) is 11.3 Å². The maximum atomic E-state index is 12.0. The van der Waals surface area contributed by atoms with Crippen molar-refractivity contribution in [2.45, 2.75) is 6.42 Å². The molecule has 0 radical (unpaired) electrons. The molecule has 1 N–H and O–H groups in total. The summed E-state index contributed by atoms with van der Waals surface area (Å²) in [4.78, 5) is 16.1. The van der Waals surface area contributed by atoms with Gasteiger partial charge in [0.15, 0.2) is 6.39 Å². The standard InChI is InChI=1S/C14H16N2O3/c1-18-9-5-8-15-14(17)13-12(16-10-19-13)11-6-3-2-4-7-11/h2-4,6-7,10H,5,8-9H2,1H3,(H,15,17). The van der Waals surface area contributed by atoms with Crippen LogP contribution in [-0.2, 0) is 4.74 Å². The molecule has 1 aromatic heterocycles. The van der Waals surface area contributed by atoms with Crippen LogP contribution in [0.25, 0.3) is 11.3 Å². The number of carbonyl (C=O) groups excluding carboxylic acids is 1. The van der Waals surface area contributed by atoms with Gasteiger partial charge in [0.05, 0.1) is 0 Å². The summed E-state index contributed by atoms with van der Waals surface area (Å²) in [7, 11) is 1.63. The van der Waals surface area contributed by atoms with Crippen LogP contribution < -0.4 is 5.32 Å². The molecule has 0 aliphatic rings. The first kappa shape index (κ1) is 13.3. The quantitative estimate of drug-likeness (QED) is 0.808. The number of nitrogens with one attached hydrogen (secondary N) is 1. The molecular weight excluding hydrogens is 244 g/mol. The van der Waals surface area contributed by atoms with Crippen molar-refractivity contribution in [2.75, 3.05) is 20.3 Å². The lowest BCUT2D eigenvalue weighted by Gasteiger charge is -2.04. The highest BCUT2D eigenvalue weighted by Gasteiger charge is 2.17. The van der Waals surface area contributed by atoms with E-state index in [1.54, 1.807) is 7.11 Å². The average molecular weight is 260 g/mol. The molecule has 2 aromatic rings. The first-order chi connectivity index (χ1) is 9.33. The largest absolute Gasteiger partial charge is 0.438 e. The van der Waals surface area contributed by atoms with Gasteiger partial charge in [0.1, 0.15) is 5.69 Å². The molecule has 1 aromatic carbocycles. The third-order valence-electron chi connectivity index (χ3n) is 2.63. The summed E-state index contributed by atoms with van der Waals surface area (Å²) >= 11 is 0. The Morgan fingerprint density at radius 1 is 1.37 bits per heavy atom. The van der Waals surface area contributed by atoms with Gasteiger partial charge in [-0.15, -0.1) is 0 Å². The van der Waals surface area contributed by atoms with Crippen LogP contribution in [0.3, 0.4) is 0 Å². The van der Waals surface area contributed by atoms with E-state index in [1.807, 2.05) is 30.3 Å². The fourth-order valence-corrected chi connectivity index (χ4v) is 1.71. The molecule has 0 unspecified atom stereocenters. The number of hydrogen-bond acceptors (Lipinski definition) is 4. The molecule has 1 amide bonds. The van der Waals surface area contributed by atoms with Crippen LogP contribution >= 0.6 is 0 Å². The van der Waals surface area contributed by atoms with Gasteiger partial charge in [-0.2, -0.15) is 0 Å². The zero-order valence-corrected chi connectivity index (χ0v) is 10.8. The summed E-state index contributed by atoms with van der Waals surface area (Å²) < 4.78 is 10.1. The lowest BCUT2D eigenvalue weighted by Crippen LogP contribution is -2.25. The maximum absolute atomic E-state index is 12.0. The van der Waals surface area contributed by atoms with Crippen molar-refractivity contribution in [3.63, 3.8) is 0 Å². The predicted molar refractivity (Wildman–Crippen MR) is 70.8 cm³/mol. The lowest BCUT2D eigenvalue weighted by atomic mass is 10.1. The van der Waals surface area contributed by atoms with E-state index in [0.29, 0.717) is 18.8 Å². The Bertz CT molecular complexity index is 522. The van der Waals surface area contributed by atoms with Gasteiger partial charge in [-0.25, -0.2) is 4.98 Å². The number of amides is 1. The van der Waals surface area contributed by atoms with E-state index in [9.17, 15) is 4.79 Å². The SMILES string of the molecule is COCCCNC(=O)c1ocnc1-c1ccccc1. The first-order valence-corrected chi connectivity index (χ1v) is 6.09. The third-order valence-corrected chi connectivity index (χ3v) is 2.63. The molecule has 0 fully saturated rings. The van der Waals surface area contributed by atoms with E-state index < -0.39 is 0 Å². The van der Waals surface area contributed by atoms with Crippen molar-refractivity contribution in [2.24, 2.45) is 0 Å². The predicted octanol–water partition coefficient (Wildman–Crippen LogP) is 2.11. The van der Waals surface area contributed by atoms with Gasteiger partial charge in [0.2, 0.25) is 5.76 Å². The van der Waals surface area contributed by atoms with Gasteiger partial charge < -0.3 is 14.5 Å². The molecule has 0 spiro atoms. The summed E-state index contributed by atoms with van der Waals surface area (Å²) in [5.74, 6) is -0.0175. The molecule has 2 rings (SSSR count). The number of ether oxygens (including phenoxy) is 1. The summed E-state index contributed by atoms with van der Waals surface area (Å²) in [6.07, 6.45) is 2.05. The summed E-state index contributed by atoms with van der Waals surface area (Å²) in [5, 5.41) is 2.78. The minimum absolute atomic E-state index is 0.239. The van der Waals surface area contributed by atoms with Crippen LogP contribution in [0.2, 0.25) is 0 Å². The zero-order valence-electron chi connectivity index (χ0n) is 10.8. The number of carbonyl (C=O) groups is 1. The lowest BCUT2D eigenvalue weighted by molar-refractivity contribution is 0.0922. The van der Waals surface area contributed by atoms with Crippen molar-refractivity contribution in [3.05, 3.63) is 42.5 Å². The van der Waals surface area contributed by atoms with Crippen molar-refractivity contribution in [1.82, 2.24) is 10.3 Å². The molecule has 1 heterocycles. The molecule has 0 aliphatic carbocycles. The minimum Gasteiger partial charge on any atom is -0.438 e. The Morgan fingerprint density at radius 2 is 2.16 bits per heavy atom. The van der Waals surface area contributed by atoms with Crippen molar-refractivity contribution >= 4 is 5.91 Å². The molecule has 5 heteroatoms. The number of methoxy groups -OCH3 is 1. The third kappa shape index (κ3) is 3.42. The zero-order chi connectivity index (χ0) is 13.5. The molecule has 0 saturated heterocycles. The van der Waals surface area contributed by atoms with E-state index in [1.165, 1.54) is 6.39 Å². The van der Waals surface area contributed by atoms with Crippen LogP contribution in [0.15, 0.2) is 41.1 Å². The number of nitrogens with zero attached hydrogens (tertiary/aromatic N) is 1. The molecule has 0 aliphatic heterocycles. The van der Waals surface area contributed by atoms with E-state index in [4.69, 9.17) is 9.15 Å². The second kappa shape index (κ2) is 6.70. The normalized spacial score (nSPS) is 10.4. The van der Waals surface area contributed by atoms with Crippen molar-refractivity contribution < 1.29 is 13.9 Å². The summed E-state index contributed by atoms with van der Waals surface area (Å²) in [6.45, 7) is 1.16. The van der Waals surface area contributed by atoms with E-state index >= 15 is 0 Å². The topological polar surface area (TPSA) is 64.4 Å². The second-order valence-corrected chi connectivity index (χ2v) is 4.00. The number of aromatic nitrogens is 1. The van der Waals surface area contributed by atoms with E-state index in [2.05, 4.69) is 10.3 Å². The number of benzene rings is 1. The number of oxazole rings is 1. The van der Waals surface area contributed by atoms with Crippen LogP contribution in [-0.4, -0.2) is 31.2 Å². The highest BCUT2D eigenvalue weighted by molar-refractivity contribution is 5.97. The minimum atomic E-state index is -0.257. The van der Waals surface area contributed by atoms with Crippen LogP contribution in [0, 0.1) is 0 Å². The number of hydrogen-bond donors (Lipinski definition) is 1. The van der Waals surface area contributed by atoms with Crippen LogP contribution in [0.5, 0.6) is 0 Å². The smallest absolute Gasteiger partial charge is 0.289 e. The van der Waals surface area contributed by atoms with Crippen LogP contribution in [0.1, 0.15) is 17.0 Å². The molecular formula is C14H16N2O3. The van der Waals surface area contributed by atoms with Gasteiger partial charge in [0, 0.05) is 25.8 Å². The summed E-state index contributed by atoms with van der Waals surface area (Å²) in [6, 6.07) is 9.47. The first-order valence-electron chi connectivity index (χ1n) is 6.09. The van der Waals surface area contributed by atoms with Gasteiger partial charge in [-0.3, -0.25) is 4.79 Å². The van der Waals surface area contributed by atoms with E-state index in [0.717, 1.165) is 12.0 Å². The molecule has 0 bridgehead atoms. The highest BCUT2D eigenvalue weighted by Crippen LogP contribution is 2.21. The fourth-order valence-electron chi connectivity index (χ4n) is 1.71. The Balaban J connectivity index is 2.05. The monoisotopic (exact) mass is 260 g/mol. The Labute approximate surface area is 111 Å². The average Bonchev–Trinajstić information content (AvgIpc) is 2.94. The molecule has 5 nitrogen and oxygen atoms in total.